The molecule has 116 valence electrons. The van der Waals surface area contributed by atoms with E-state index < -0.39 is 12.1 Å². The summed E-state index contributed by atoms with van der Waals surface area (Å²) in [6.07, 6.45) is 2.79. The molecule has 3 rings (SSSR count). The maximum atomic E-state index is 10.9. The minimum atomic E-state index is -0.854. The molecule has 1 aromatic rings. The van der Waals surface area contributed by atoms with E-state index >= 15 is 0 Å². The number of hydrogen-bond donors (Lipinski definition) is 1. The smallest absolute Gasteiger partial charge is 0.332 e. The minimum absolute atomic E-state index is 0.0651. The summed E-state index contributed by atoms with van der Waals surface area (Å²) in [6, 6.07) is 5.45. The molecule has 0 spiro atoms. The number of nitriles is 1. The van der Waals surface area contributed by atoms with Crippen LogP contribution >= 0.6 is 0 Å². The molecule has 2 aliphatic heterocycles. The van der Waals surface area contributed by atoms with E-state index in [9.17, 15) is 4.79 Å². The predicted octanol–water partition coefficient (Wildman–Crippen LogP) is 1.20. The Morgan fingerprint density at radius 2 is 2.05 bits per heavy atom. The highest BCUT2D eigenvalue weighted by Crippen LogP contribution is 2.32. The van der Waals surface area contributed by atoms with Crippen LogP contribution in [0.2, 0.25) is 0 Å². The zero-order valence-corrected chi connectivity index (χ0v) is 12.2. The average Bonchev–Trinajstić information content (AvgIpc) is 3.05. The third-order valence-corrected chi connectivity index (χ3v) is 4.48. The number of aromatic nitrogens is 2. The lowest BCUT2D eigenvalue weighted by Crippen LogP contribution is -2.38. The average molecular weight is 302 g/mol. The maximum Gasteiger partial charge on any atom is 0.332 e. The fourth-order valence-corrected chi connectivity index (χ4v) is 3.25. The molecule has 2 fully saturated rings. The lowest BCUT2D eigenvalue weighted by atomic mass is 9.90. The number of ether oxygens (including phenoxy) is 1. The number of nitrogens with zero attached hydrogens (tertiary/aromatic N) is 4. The number of hydrogen-bond acceptors (Lipinski definition) is 6. The molecule has 2 saturated heterocycles. The van der Waals surface area contributed by atoms with E-state index in [0.717, 1.165) is 38.2 Å². The van der Waals surface area contributed by atoms with Crippen LogP contribution in [-0.2, 0) is 9.53 Å². The van der Waals surface area contributed by atoms with Crippen molar-refractivity contribution in [2.75, 3.05) is 18.0 Å². The summed E-state index contributed by atoms with van der Waals surface area (Å²) in [7, 11) is 0. The first kappa shape index (κ1) is 14.7. The first-order valence-corrected chi connectivity index (χ1v) is 7.54. The van der Waals surface area contributed by atoms with Crippen molar-refractivity contribution < 1.29 is 14.6 Å². The van der Waals surface area contributed by atoms with Gasteiger partial charge in [0, 0.05) is 13.1 Å². The van der Waals surface area contributed by atoms with Gasteiger partial charge in [-0.05, 0) is 43.7 Å². The van der Waals surface area contributed by atoms with Gasteiger partial charge >= 0.3 is 5.97 Å². The monoisotopic (exact) mass is 302 g/mol. The number of anilines is 1. The second kappa shape index (κ2) is 6.28. The zero-order valence-electron chi connectivity index (χ0n) is 12.2. The van der Waals surface area contributed by atoms with Gasteiger partial charge in [0.2, 0.25) is 0 Å². The summed E-state index contributed by atoms with van der Waals surface area (Å²) in [5.41, 5.74) is 0.317. The van der Waals surface area contributed by atoms with Crippen LogP contribution in [0.15, 0.2) is 12.1 Å². The van der Waals surface area contributed by atoms with Crippen LogP contribution in [0.4, 0.5) is 5.82 Å². The fraction of sp³-hybridized carbons (Fsp3) is 0.600. The molecule has 0 radical (unpaired) electrons. The van der Waals surface area contributed by atoms with Crippen molar-refractivity contribution in [2.24, 2.45) is 5.92 Å². The molecule has 0 aliphatic carbocycles. The van der Waals surface area contributed by atoms with Crippen molar-refractivity contribution in [1.29, 1.82) is 5.26 Å². The summed E-state index contributed by atoms with van der Waals surface area (Å²) >= 11 is 0. The van der Waals surface area contributed by atoms with Gasteiger partial charge < -0.3 is 14.7 Å². The quantitative estimate of drug-likeness (QED) is 0.895. The van der Waals surface area contributed by atoms with E-state index in [0.29, 0.717) is 18.0 Å². The predicted molar refractivity (Wildman–Crippen MR) is 77.2 cm³/mol. The van der Waals surface area contributed by atoms with Crippen LogP contribution in [0.25, 0.3) is 0 Å². The number of piperidine rings is 1. The third kappa shape index (κ3) is 3.02. The SMILES string of the molecule is N#Cc1ccc(N2CCC([C@@H]3CC[C@H](C(=O)O)O3)CC2)nn1. The number of carbonyl (C=O) groups is 1. The van der Waals surface area contributed by atoms with Gasteiger partial charge in [-0.2, -0.15) is 5.26 Å². The van der Waals surface area contributed by atoms with Gasteiger partial charge in [-0.3, -0.25) is 0 Å². The Bertz CT molecular complexity index is 575. The Morgan fingerprint density at radius 1 is 1.27 bits per heavy atom. The van der Waals surface area contributed by atoms with Gasteiger partial charge in [0.25, 0.3) is 0 Å². The third-order valence-electron chi connectivity index (χ3n) is 4.48. The lowest BCUT2D eigenvalue weighted by Gasteiger charge is -2.34. The highest BCUT2D eigenvalue weighted by atomic mass is 16.5. The highest BCUT2D eigenvalue weighted by molar-refractivity contribution is 5.72. The molecule has 0 unspecified atom stereocenters. The first-order valence-electron chi connectivity index (χ1n) is 7.54. The van der Waals surface area contributed by atoms with Gasteiger partial charge in [-0.1, -0.05) is 0 Å². The normalized spacial score (nSPS) is 25.9. The standard InChI is InChI=1S/C15H18N4O3/c16-9-11-1-4-14(18-17-11)19-7-5-10(6-8-19)12-2-3-13(22-12)15(20)21/h1,4,10,12-13H,2-3,5-8H2,(H,20,21)/t12-,13+/m0/s1. The number of aliphatic carboxylic acids is 1. The molecule has 0 saturated carbocycles. The second-order valence-corrected chi connectivity index (χ2v) is 5.79. The van der Waals surface area contributed by atoms with Crippen LogP contribution in [0, 0.1) is 17.2 Å². The second-order valence-electron chi connectivity index (χ2n) is 5.79. The summed E-state index contributed by atoms with van der Waals surface area (Å²) in [6.45, 7) is 1.70. The van der Waals surface area contributed by atoms with Crippen LogP contribution in [0.3, 0.4) is 0 Å². The summed E-state index contributed by atoms with van der Waals surface area (Å²) < 4.78 is 5.65. The Kier molecular flexibility index (Phi) is 4.20. The minimum Gasteiger partial charge on any atom is -0.479 e. The molecule has 3 heterocycles. The van der Waals surface area contributed by atoms with E-state index in [-0.39, 0.29) is 6.10 Å². The molecule has 1 aromatic heterocycles. The van der Waals surface area contributed by atoms with Crippen LogP contribution < -0.4 is 4.90 Å². The van der Waals surface area contributed by atoms with E-state index in [1.165, 1.54) is 0 Å². The van der Waals surface area contributed by atoms with Gasteiger partial charge in [0.05, 0.1) is 6.10 Å². The summed E-state index contributed by atoms with van der Waals surface area (Å²) in [5, 5.41) is 25.7. The van der Waals surface area contributed by atoms with Gasteiger partial charge in [-0.15, -0.1) is 10.2 Å². The molecule has 0 amide bonds. The summed E-state index contributed by atoms with van der Waals surface area (Å²) in [5.74, 6) is 0.341. The molecular formula is C15H18N4O3. The maximum absolute atomic E-state index is 10.9. The largest absolute Gasteiger partial charge is 0.479 e. The molecule has 0 aromatic carbocycles. The van der Waals surface area contributed by atoms with E-state index in [4.69, 9.17) is 15.1 Å². The molecule has 7 heteroatoms. The van der Waals surface area contributed by atoms with Crippen molar-refractivity contribution in [3.63, 3.8) is 0 Å². The number of carboxylic acid groups (broad SMARTS) is 1. The number of carboxylic acids is 1. The Balaban J connectivity index is 1.54. The lowest BCUT2D eigenvalue weighted by molar-refractivity contribution is -0.150. The van der Waals surface area contributed by atoms with Crippen molar-refractivity contribution in [3.05, 3.63) is 17.8 Å². The Morgan fingerprint density at radius 3 is 2.59 bits per heavy atom. The van der Waals surface area contributed by atoms with Gasteiger partial charge in [0.15, 0.2) is 17.6 Å². The first-order chi connectivity index (χ1) is 10.7. The highest BCUT2D eigenvalue weighted by Gasteiger charge is 2.36. The molecule has 7 nitrogen and oxygen atoms in total. The molecule has 2 atom stereocenters. The van der Waals surface area contributed by atoms with Gasteiger partial charge in [0.1, 0.15) is 6.07 Å². The fourth-order valence-electron chi connectivity index (χ4n) is 3.25. The van der Waals surface area contributed by atoms with Crippen LogP contribution in [0.1, 0.15) is 31.4 Å². The van der Waals surface area contributed by atoms with Crippen LogP contribution in [-0.4, -0.2) is 46.6 Å². The van der Waals surface area contributed by atoms with Crippen LogP contribution in [0.5, 0.6) is 0 Å². The summed E-state index contributed by atoms with van der Waals surface area (Å²) in [4.78, 5) is 13.1. The van der Waals surface area contributed by atoms with E-state index in [1.54, 1.807) is 6.07 Å². The van der Waals surface area contributed by atoms with E-state index in [1.807, 2.05) is 12.1 Å². The van der Waals surface area contributed by atoms with Crippen molar-refractivity contribution >= 4 is 11.8 Å². The molecule has 22 heavy (non-hydrogen) atoms. The van der Waals surface area contributed by atoms with Gasteiger partial charge in [-0.25, -0.2) is 4.79 Å². The molecular weight excluding hydrogens is 284 g/mol. The topological polar surface area (TPSA) is 99.3 Å². The molecule has 1 N–H and O–H groups in total. The van der Waals surface area contributed by atoms with Crippen molar-refractivity contribution in [2.45, 2.75) is 37.9 Å². The van der Waals surface area contributed by atoms with Crippen molar-refractivity contribution in [3.8, 4) is 6.07 Å². The zero-order chi connectivity index (χ0) is 15.5. The molecule has 0 bridgehead atoms. The Labute approximate surface area is 128 Å². The molecule has 2 aliphatic rings. The van der Waals surface area contributed by atoms with Crippen molar-refractivity contribution in [1.82, 2.24) is 10.2 Å². The Hall–Kier alpha value is -2.20. The van der Waals surface area contributed by atoms with E-state index in [2.05, 4.69) is 15.1 Å². The number of rotatable bonds is 3.